The molecule has 98 valence electrons. The van der Waals surface area contributed by atoms with Crippen LogP contribution >= 0.6 is 0 Å². The monoisotopic (exact) mass is 247 g/mol. The molecule has 1 unspecified atom stereocenters. The smallest absolute Gasteiger partial charge is 0.311 e. The zero-order valence-corrected chi connectivity index (χ0v) is 11.3. The van der Waals surface area contributed by atoms with Crippen LogP contribution < -0.4 is 5.73 Å². The van der Waals surface area contributed by atoms with Gasteiger partial charge in [-0.15, -0.1) is 0 Å². The van der Waals surface area contributed by atoms with Crippen molar-refractivity contribution in [1.29, 1.82) is 0 Å². The van der Waals surface area contributed by atoms with E-state index in [2.05, 4.69) is 12.1 Å². The molecule has 0 heterocycles. The van der Waals surface area contributed by atoms with Crippen LogP contribution in [0.2, 0.25) is 0 Å². The highest BCUT2D eigenvalue weighted by Crippen LogP contribution is 2.50. The van der Waals surface area contributed by atoms with Gasteiger partial charge in [-0.2, -0.15) is 0 Å². The molecule has 1 fully saturated rings. The van der Waals surface area contributed by atoms with Gasteiger partial charge in [0.1, 0.15) is 0 Å². The molecule has 0 saturated heterocycles. The lowest BCUT2D eigenvalue weighted by molar-refractivity contribution is -0.156. The zero-order chi connectivity index (χ0) is 13.5. The molecule has 1 aliphatic carbocycles. The Morgan fingerprint density at radius 3 is 2.11 bits per heavy atom. The first-order chi connectivity index (χ1) is 8.38. The van der Waals surface area contributed by atoms with Gasteiger partial charge in [0.2, 0.25) is 0 Å². The van der Waals surface area contributed by atoms with Crippen molar-refractivity contribution >= 4 is 5.97 Å². The topological polar surface area (TPSA) is 63.3 Å². The summed E-state index contributed by atoms with van der Waals surface area (Å²) in [4.78, 5) is 11.5. The van der Waals surface area contributed by atoms with Gasteiger partial charge >= 0.3 is 5.97 Å². The van der Waals surface area contributed by atoms with Crippen LogP contribution in [0.25, 0.3) is 0 Å². The Morgan fingerprint density at radius 1 is 1.28 bits per heavy atom. The maximum absolute atomic E-state index is 11.5. The molecule has 2 rings (SSSR count). The Labute approximate surface area is 108 Å². The lowest BCUT2D eigenvalue weighted by Crippen LogP contribution is -2.47. The second-order valence-electron chi connectivity index (χ2n) is 5.60. The first kappa shape index (κ1) is 13.1. The number of aliphatic carboxylic acids is 1. The summed E-state index contributed by atoms with van der Waals surface area (Å²) in [6, 6.07) is 3.76. The Hall–Kier alpha value is -1.35. The van der Waals surface area contributed by atoms with Gasteiger partial charge in [0, 0.05) is 6.04 Å². The number of hydrogen-bond donors (Lipinski definition) is 2. The Kier molecular flexibility index (Phi) is 3.20. The third kappa shape index (κ3) is 1.83. The molecule has 0 aliphatic heterocycles. The number of carboxylic acid groups (broad SMARTS) is 1. The molecular weight excluding hydrogens is 226 g/mol. The van der Waals surface area contributed by atoms with Crippen molar-refractivity contribution in [3.05, 3.63) is 34.4 Å². The van der Waals surface area contributed by atoms with Gasteiger partial charge in [-0.05, 0) is 50.3 Å². The molecule has 3 N–H and O–H groups in total. The van der Waals surface area contributed by atoms with E-state index in [1.54, 1.807) is 0 Å². The third-order valence-electron chi connectivity index (χ3n) is 4.32. The van der Waals surface area contributed by atoms with Crippen LogP contribution in [0.1, 0.15) is 47.6 Å². The second kappa shape index (κ2) is 4.39. The molecule has 1 atom stereocenters. The number of aryl methyl sites for hydroxylation is 3. The minimum atomic E-state index is -0.749. The van der Waals surface area contributed by atoms with Crippen molar-refractivity contribution in [2.75, 3.05) is 0 Å². The van der Waals surface area contributed by atoms with Gasteiger partial charge < -0.3 is 10.8 Å². The number of hydrogen-bond acceptors (Lipinski definition) is 2. The molecule has 1 aromatic carbocycles. The first-order valence-corrected chi connectivity index (χ1v) is 6.45. The summed E-state index contributed by atoms with van der Waals surface area (Å²) < 4.78 is 0. The Balaban J connectivity index is 2.46. The summed E-state index contributed by atoms with van der Waals surface area (Å²) >= 11 is 0. The summed E-state index contributed by atoms with van der Waals surface area (Å²) in [5.41, 5.74) is 9.98. The summed E-state index contributed by atoms with van der Waals surface area (Å²) in [6.45, 7) is 6.08. The highest BCUT2D eigenvalue weighted by molar-refractivity contribution is 5.77. The maximum Gasteiger partial charge on any atom is 0.311 e. The van der Waals surface area contributed by atoms with Gasteiger partial charge in [-0.25, -0.2) is 0 Å². The van der Waals surface area contributed by atoms with Crippen LogP contribution in [0.15, 0.2) is 12.1 Å². The molecule has 0 amide bonds. The number of benzene rings is 1. The largest absolute Gasteiger partial charge is 0.481 e. The van der Waals surface area contributed by atoms with Gasteiger partial charge in [0.25, 0.3) is 0 Å². The average Bonchev–Trinajstić information content (AvgIpc) is 2.12. The highest BCUT2D eigenvalue weighted by Gasteiger charge is 2.50. The second-order valence-corrected chi connectivity index (χ2v) is 5.60. The lowest BCUT2D eigenvalue weighted by Gasteiger charge is -2.43. The maximum atomic E-state index is 11.5. The normalized spacial score (nSPS) is 19.1. The van der Waals surface area contributed by atoms with E-state index in [0.29, 0.717) is 12.8 Å². The predicted octanol–water partition coefficient (Wildman–Crippen LogP) is 2.87. The predicted molar refractivity (Wildman–Crippen MR) is 71.5 cm³/mol. The number of carboxylic acids is 1. The molecule has 1 saturated carbocycles. The molecule has 3 nitrogen and oxygen atoms in total. The van der Waals surface area contributed by atoms with Crippen LogP contribution in [0.3, 0.4) is 0 Å². The summed E-state index contributed by atoms with van der Waals surface area (Å²) in [5.74, 6) is -0.749. The lowest BCUT2D eigenvalue weighted by atomic mass is 9.62. The van der Waals surface area contributed by atoms with Crippen molar-refractivity contribution in [3.63, 3.8) is 0 Å². The molecule has 1 aromatic rings. The summed E-state index contributed by atoms with van der Waals surface area (Å²) in [6.07, 6.45) is 2.34. The Bertz CT molecular complexity index is 466. The minimum Gasteiger partial charge on any atom is -0.481 e. The fourth-order valence-electron chi connectivity index (χ4n) is 3.17. The van der Waals surface area contributed by atoms with E-state index >= 15 is 0 Å². The molecule has 0 radical (unpaired) electrons. The van der Waals surface area contributed by atoms with Crippen molar-refractivity contribution in [1.82, 2.24) is 0 Å². The molecule has 1 aliphatic rings. The fourth-order valence-corrected chi connectivity index (χ4v) is 3.17. The summed E-state index contributed by atoms with van der Waals surface area (Å²) in [7, 11) is 0. The fraction of sp³-hybridized carbons (Fsp3) is 0.533. The van der Waals surface area contributed by atoms with Gasteiger partial charge in [0.15, 0.2) is 0 Å². The molecule has 0 spiro atoms. The quantitative estimate of drug-likeness (QED) is 0.863. The van der Waals surface area contributed by atoms with Gasteiger partial charge in [-0.3, -0.25) is 4.79 Å². The van der Waals surface area contributed by atoms with Crippen molar-refractivity contribution in [2.45, 2.75) is 46.1 Å². The highest BCUT2D eigenvalue weighted by atomic mass is 16.4. The summed E-state index contributed by atoms with van der Waals surface area (Å²) in [5, 5.41) is 9.47. The minimum absolute atomic E-state index is 0.399. The number of carbonyl (C=O) groups is 1. The van der Waals surface area contributed by atoms with E-state index in [1.165, 1.54) is 5.56 Å². The average molecular weight is 247 g/mol. The van der Waals surface area contributed by atoms with E-state index in [9.17, 15) is 9.90 Å². The van der Waals surface area contributed by atoms with E-state index in [0.717, 1.165) is 23.1 Å². The van der Waals surface area contributed by atoms with E-state index in [1.807, 2.05) is 20.8 Å². The molecule has 0 bridgehead atoms. The van der Waals surface area contributed by atoms with Crippen LogP contribution in [-0.2, 0) is 4.79 Å². The van der Waals surface area contributed by atoms with E-state index in [-0.39, 0.29) is 0 Å². The van der Waals surface area contributed by atoms with Crippen molar-refractivity contribution < 1.29 is 9.90 Å². The van der Waals surface area contributed by atoms with Crippen LogP contribution in [-0.4, -0.2) is 11.1 Å². The molecular formula is C15H21NO2. The van der Waals surface area contributed by atoms with Crippen LogP contribution in [0.4, 0.5) is 0 Å². The van der Waals surface area contributed by atoms with Gasteiger partial charge in [-0.1, -0.05) is 24.1 Å². The molecule has 18 heavy (non-hydrogen) atoms. The molecule has 3 heteroatoms. The van der Waals surface area contributed by atoms with Crippen molar-refractivity contribution in [2.24, 2.45) is 11.1 Å². The molecule has 0 aromatic heterocycles. The number of nitrogens with two attached hydrogens (primary N) is 1. The third-order valence-corrected chi connectivity index (χ3v) is 4.32. The van der Waals surface area contributed by atoms with E-state index in [4.69, 9.17) is 5.73 Å². The van der Waals surface area contributed by atoms with E-state index < -0.39 is 17.4 Å². The zero-order valence-electron chi connectivity index (χ0n) is 11.3. The standard InChI is InChI=1S/C15H21NO2/c1-9-7-10(2)12(11(3)8-9)13(16)15(14(17)18)5-4-6-15/h7-8,13H,4-6,16H2,1-3H3,(H,17,18). The Morgan fingerprint density at radius 2 is 1.78 bits per heavy atom. The van der Waals surface area contributed by atoms with Gasteiger partial charge in [0.05, 0.1) is 5.41 Å². The SMILES string of the molecule is Cc1cc(C)c(C(N)C2(C(=O)O)CCC2)c(C)c1. The van der Waals surface area contributed by atoms with Crippen LogP contribution in [0, 0.1) is 26.2 Å². The number of rotatable bonds is 3. The first-order valence-electron chi connectivity index (χ1n) is 6.45. The van der Waals surface area contributed by atoms with Crippen molar-refractivity contribution in [3.8, 4) is 0 Å². The van der Waals surface area contributed by atoms with Crippen LogP contribution in [0.5, 0.6) is 0 Å².